The first-order chi connectivity index (χ1) is 10.2. The molecule has 0 atom stereocenters. The first-order valence-electron chi connectivity index (χ1n) is 7.01. The Bertz CT molecular complexity index is 639. The van der Waals surface area contributed by atoms with Crippen molar-refractivity contribution in [2.45, 2.75) is 12.8 Å². The van der Waals surface area contributed by atoms with Gasteiger partial charge in [-0.3, -0.25) is 0 Å². The molecule has 1 aromatic carbocycles. The summed E-state index contributed by atoms with van der Waals surface area (Å²) in [6.07, 6.45) is 4.34. The number of rotatable bonds is 5. The van der Waals surface area contributed by atoms with Crippen molar-refractivity contribution < 1.29 is 4.74 Å². The third kappa shape index (κ3) is 3.05. The largest absolute Gasteiger partial charge is 0.481 e. The predicted molar refractivity (Wildman–Crippen MR) is 86.9 cm³/mol. The number of nitrogens with one attached hydrogen (secondary N) is 1. The van der Waals surface area contributed by atoms with Gasteiger partial charge in [0, 0.05) is 29.9 Å². The van der Waals surface area contributed by atoms with Gasteiger partial charge in [0.15, 0.2) is 0 Å². The van der Waals surface area contributed by atoms with E-state index in [1.165, 1.54) is 12.8 Å². The number of aromatic nitrogens is 1. The Morgan fingerprint density at radius 1 is 1.33 bits per heavy atom. The molecule has 1 aromatic heterocycles. The van der Waals surface area contributed by atoms with E-state index in [4.69, 9.17) is 22.1 Å². The molecule has 0 unspecified atom stereocenters. The van der Waals surface area contributed by atoms with Gasteiger partial charge in [-0.1, -0.05) is 17.7 Å². The van der Waals surface area contributed by atoms with Crippen LogP contribution in [0.25, 0.3) is 11.1 Å². The fourth-order valence-electron chi connectivity index (χ4n) is 2.21. The fourth-order valence-corrected chi connectivity index (χ4v) is 2.48. The normalized spacial score (nSPS) is 14.0. The number of nitrogen functional groups attached to an aromatic ring is 1. The number of methoxy groups -OCH3 is 1. The summed E-state index contributed by atoms with van der Waals surface area (Å²) in [4.78, 5) is 4.20. The van der Waals surface area contributed by atoms with Crippen molar-refractivity contribution in [1.29, 1.82) is 0 Å². The zero-order valence-corrected chi connectivity index (χ0v) is 12.7. The quantitative estimate of drug-likeness (QED) is 0.825. The summed E-state index contributed by atoms with van der Waals surface area (Å²) >= 11 is 6.41. The van der Waals surface area contributed by atoms with Gasteiger partial charge < -0.3 is 15.8 Å². The molecule has 1 fully saturated rings. The van der Waals surface area contributed by atoms with Gasteiger partial charge in [-0.25, -0.2) is 4.98 Å². The molecule has 0 aliphatic heterocycles. The molecule has 5 heteroatoms. The Kier molecular flexibility index (Phi) is 3.88. The molecule has 21 heavy (non-hydrogen) atoms. The maximum absolute atomic E-state index is 6.41. The molecule has 1 aliphatic carbocycles. The molecule has 3 N–H and O–H groups in total. The second-order valence-corrected chi connectivity index (χ2v) is 5.68. The summed E-state index contributed by atoms with van der Waals surface area (Å²) < 4.78 is 5.06. The summed E-state index contributed by atoms with van der Waals surface area (Å²) in [5.41, 5.74) is 9.43. The summed E-state index contributed by atoms with van der Waals surface area (Å²) in [6, 6.07) is 7.67. The monoisotopic (exact) mass is 303 g/mol. The number of anilines is 2. The van der Waals surface area contributed by atoms with Crippen LogP contribution in [0.2, 0.25) is 5.02 Å². The van der Waals surface area contributed by atoms with Gasteiger partial charge in [0.05, 0.1) is 23.5 Å². The molecule has 1 saturated carbocycles. The van der Waals surface area contributed by atoms with Gasteiger partial charge in [0.25, 0.3) is 0 Å². The van der Waals surface area contributed by atoms with Crippen molar-refractivity contribution in [3.8, 4) is 17.0 Å². The van der Waals surface area contributed by atoms with Gasteiger partial charge in [-0.15, -0.1) is 0 Å². The molecule has 110 valence electrons. The molecular weight excluding hydrogens is 286 g/mol. The maximum atomic E-state index is 6.41. The van der Waals surface area contributed by atoms with Crippen molar-refractivity contribution in [1.82, 2.24) is 4.98 Å². The Labute approximate surface area is 129 Å². The van der Waals surface area contributed by atoms with Crippen LogP contribution in [0, 0.1) is 5.92 Å². The highest BCUT2D eigenvalue weighted by atomic mass is 35.5. The van der Waals surface area contributed by atoms with E-state index in [0.717, 1.165) is 29.3 Å². The molecule has 2 aromatic rings. The molecule has 1 heterocycles. The van der Waals surface area contributed by atoms with Crippen LogP contribution in [-0.2, 0) is 0 Å². The zero-order valence-electron chi connectivity index (χ0n) is 11.9. The van der Waals surface area contributed by atoms with Gasteiger partial charge in [-0.05, 0) is 30.9 Å². The van der Waals surface area contributed by atoms with Gasteiger partial charge in [0.1, 0.15) is 0 Å². The van der Waals surface area contributed by atoms with Gasteiger partial charge in [-0.2, -0.15) is 0 Å². The van der Waals surface area contributed by atoms with Crippen LogP contribution in [0.3, 0.4) is 0 Å². The zero-order chi connectivity index (χ0) is 14.8. The van der Waals surface area contributed by atoms with Crippen LogP contribution < -0.4 is 15.8 Å². The van der Waals surface area contributed by atoms with Crippen molar-refractivity contribution in [2.24, 2.45) is 5.92 Å². The Morgan fingerprint density at radius 2 is 2.14 bits per heavy atom. The van der Waals surface area contributed by atoms with E-state index in [9.17, 15) is 0 Å². The van der Waals surface area contributed by atoms with Crippen molar-refractivity contribution in [2.75, 3.05) is 24.7 Å². The molecule has 0 bridgehead atoms. The number of halogens is 1. The number of nitrogens with zero attached hydrogens (tertiary/aromatic N) is 1. The van der Waals surface area contributed by atoms with Gasteiger partial charge in [0.2, 0.25) is 5.88 Å². The lowest BCUT2D eigenvalue weighted by Gasteiger charge is -2.13. The number of hydrogen-bond acceptors (Lipinski definition) is 4. The van der Waals surface area contributed by atoms with E-state index in [1.807, 2.05) is 18.2 Å². The van der Waals surface area contributed by atoms with Crippen LogP contribution in [0.5, 0.6) is 5.88 Å². The fraction of sp³-hybridized carbons (Fsp3) is 0.312. The predicted octanol–water partition coefficient (Wildman–Crippen LogP) is 3.81. The number of hydrogen-bond donors (Lipinski definition) is 2. The molecule has 0 saturated heterocycles. The molecule has 3 rings (SSSR count). The van der Waals surface area contributed by atoms with Gasteiger partial charge >= 0.3 is 0 Å². The Balaban J connectivity index is 1.86. The van der Waals surface area contributed by atoms with E-state index in [-0.39, 0.29) is 0 Å². The highest BCUT2D eigenvalue weighted by Gasteiger charge is 2.21. The van der Waals surface area contributed by atoms with E-state index in [0.29, 0.717) is 16.6 Å². The second-order valence-electron chi connectivity index (χ2n) is 5.30. The minimum Gasteiger partial charge on any atom is -0.481 e. The number of ether oxygens (including phenoxy) is 1. The molecule has 0 spiro atoms. The third-order valence-corrected chi connectivity index (χ3v) is 4.12. The van der Waals surface area contributed by atoms with Crippen LogP contribution in [0.1, 0.15) is 12.8 Å². The molecule has 1 aliphatic rings. The standard InChI is InChI=1S/C16H18ClN3O/c1-21-14-7-4-11(9-20-14)12-5-6-13(16(18)15(12)17)19-8-10-2-3-10/h4-7,9-10,19H,2-3,8,18H2,1H3. The van der Waals surface area contributed by atoms with Crippen LogP contribution in [0.4, 0.5) is 11.4 Å². The average molecular weight is 304 g/mol. The van der Waals surface area contributed by atoms with Crippen LogP contribution in [-0.4, -0.2) is 18.6 Å². The summed E-state index contributed by atoms with van der Waals surface area (Å²) in [6.45, 7) is 0.962. The van der Waals surface area contributed by atoms with Crippen molar-refractivity contribution in [3.05, 3.63) is 35.5 Å². The van der Waals surface area contributed by atoms with E-state index in [2.05, 4.69) is 10.3 Å². The van der Waals surface area contributed by atoms with Crippen molar-refractivity contribution in [3.63, 3.8) is 0 Å². The number of benzene rings is 1. The summed E-state index contributed by atoms with van der Waals surface area (Å²) in [5, 5.41) is 3.93. The molecule has 0 radical (unpaired) electrons. The highest BCUT2D eigenvalue weighted by Crippen LogP contribution is 2.38. The topological polar surface area (TPSA) is 60.2 Å². The highest BCUT2D eigenvalue weighted by molar-refractivity contribution is 6.36. The first-order valence-corrected chi connectivity index (χ1v) is 7.39. The average Bonchev–Trinajstić information content (AvgIpc) is 3.33. The lowest BCUT2D eigenvalue weighted by Crippen LogP contribution is -2.06. The first kappa shape index (κ1) is 14.0. The number of nitrogens with two attached hydrogens (primary N) is 1. The third-order valence-electron chi connectivity index (χ3n) is 3.71. The lowest BCUT2D eigenvalue weighted by molar-refractivity contribution is 0.398. The van der Waals surface area contributed by atoms with Crippen molar-refractivity contribution >= 4 is 23.0 Å². The van der Waals surface area contributed by atoms with Crippen LogP contribution in [0.15, 0.2) is 30.5 Å². The van der Waals surface area contributed by atoms with Crippen LogP contribution >= 0.6 is 11.6 Å². The Hall–Kier alpha value is -1.94. The minimum atomic E-state index is 0.558. The Morgan fingerprint density at radius 3 is 2.76 bits per heavy atom. The molecule has 4 nitrogen and oxygen atoms in total. The SMILES string of the molecule is COc1ccc(-c2ccc(NCC3CC3)c(N)c2Cl)cn1. The maximum Gasteiger partial charge on any atom is 0.212 e. The summed E-state index contributed by atoms with van der Waals surface area (Å²) in [5.74, 6) is 1.36. The summed E-state index contributed by atoms with van der Waals surface area (Å²) in [7, 11) is 1.59. The second kappa shape index (κ2) is 5.82. The number of pyridine rings is 1. The van der Waals surface area contributed by atoms with E-state index < -0.39 is 0 Å². The smallest absolute Gasteiger partial charge is 0.212 e. The lowest BCUT2D eigenvalue weighted by atomic mass is 10.1. The molecule has 0 amide bonds. The minimum absolute atomic E-state index is 0.558. The molecular formula is C16H18ClN3O. The van der Waals surface area contributed by atoms with E-state index >= 15 is 0 Å². The van der Waals surface area contributed by atoms with E-state index in [1.54, 1.807) is 19.4 Å².